The summed E-state index contributed by atoms with van der Waals surface area (Å²) >= 11 is 0. The van der Waals surface area contributed by atoms with Crippen molar-refractivity contribution in [3.8, 4) is 5.75 Å². The highest BCUT2D eigenvalue weighted by Crippen LogP contribution is 2.45. The lowest BCUT2D eigenvalue weighted by atomic mass is 9.68. The van der Waals surface area contributed by atoms with Gasteiger partial charge in [0, 0.05) is 13.1 Å². The van der Waals surface area contributed by atoms with Gasteiger partial charge in [0.05, 0.1) is 7.11 Å². The molecule has 1 saturated heterocycles. The molecule has 2 N–H and O–H groups in total. The SMILES string of the molecule is COc1c(N)ncnc1N1CCC2(CCCCC2)CC1. The summed E-state index contributed by atoms with van der Waals surface area (Å²) in [5, 5.41) is 0. The molecule has 2 fully saturated rings. The average molecular weight is 276 g/mol. The molecule has 5 heteroatoms. The Morgan fingerprint density at radius 1 is 1.10 bits per heavy atom. The maximum atomic E-state index is 5.87. The summed E-state index contributed by atoms with van der Waals surface area (Å²) in [6, 6.07) is 0. The zero-order chi connectivity index (χ0) is 14.0. The molecule has 2 heterocycles. The van der Waals surface area contributed by atoms with Crippen LogP contribution < -0.4 is 15.4 Å². The number of nitrogens with two attached hydrogens (primary N) is 1. The third-order valence-electron chi connectivity index (χ3n) is 5.05. The summed E-state index contributed by atoms with van der Waals surface area (Å²) in [5.41, 5.74) is 6.47. The monoisotopic (exact) mass is 276 g/mol. The number of methoxy groups -OCH3 is 1. The van der Waals surface area contributed by atoms with Crippen LogP contribution in [-0.2, 0) is 0 Å². The summed E-state index contributed by atoms with van der Waals surface area (Å²) in [7, 11) is 1.63. The zero-order valence-electron chi connectivity index (χ0n) is 12.3. The second kappa shape index (κ2) is 5.46. The highest BCUT2D eigenvalue weighted by atomic mass is 16.5. The van der Waals surface area contributed by atoms with E-state index in [4.69, 9.17) is 10.5 Å². The van der Waals surface area contributed by atoms with E-state index in [0.29, 0.717) is 17.0 Å². The third kappa shape index (κ3) is 2.41. The zero-order valence-corrected chi connectivity index (χ0v) is 12.3. The Bertz CT molecular complexity index is 461. The highest BCUT2D eigenvalue weighted by molar-refractivity contribution is 5.62. The molecule has 110 valence electrons. The van der Waals surface area contributed by atoms with Crippen LogP contribution in [0, 0.1) is 5.41 Å². The predicted octanol–water partition coefficient (Wildman–Crippen LogP) is 2.62. The first-order valence-corrected chi connectivity index (χ1v) is 7.63. The minimum absolute atomic E-state index is 0.426. The molecule has 1 aromatic rings. The predicted molar refractivity (Wildman–Crippen MR) is 80.0 cm³/mol. The van der Waals surface area contributed by atoms with Gasteiger partial charge in [-0.25, -0.2) is 9.97 Å². The Balaban J connectivity index is 1.73. The van der Waals surface area contributed by atoms with E-state index in [2.05, 4.69) is 14.9 Å². The van der Waals surface area contributed by atoms with Crippen LogP contribution in [0.3, 0.4) is 0 Å². The Hall–Kier alpha value is -1.52. The van der Waals surface area contributed by atoms with Crippen LogP contribution in [0.2, 0.25) is 0 Å². The van der Waals surface area contributed by atoms with E-state index in [-0.39, 0.29) is 0 Å². The minimum atomic E-state index is 0.426. The van der Waals surface area contributed by atoms with Gasteiger partial charge in [0.25, 0.3) is 0 Å². The van der Waals surface area contributed by atoms with Gasteiger partial charge < -0.3 is 15.4 Å². The summed E-state index contributed by atoms with van der Waals surface area (Å²) in [6.07, 6.45) is 11.1. The molecule has 0 amide bonds. The maximum absolute atomic E-state index is 5.87. The number of ether oxygens (including phenoxy) is 1. The molecular weight excluding hydrogens is 252 g/mol. The number of nitrogens with zero attached hydrogens (tertiary/aromatic N) is 3. The quantitative estimate of drug-likeness (QED) is 0.899. The first-order chi connectivity index (χ1) is 9.74. The van der Waals surface area contributed by atoms with Gasteiger partial charge in [0.1, 0.15) is 6.33 Å². The van der Waals surface area contributed by atoms with Crippen molar-refractivity contribution in [3.05, 3.63) is 6.33 Å². The topological polar surface area (TPSA) is 64.3 Å². The fourth-order valence-corrected chi connectivity index (χ4v) is 3.79. The molecule has 2 aliphatic rings. The van der Waals surface area contributed by atoms with Crippen molar-refractivity contribution in [1.29, 1.82) is 0 Å². The lowest BCUT2D eigenvalue weighted by Gasteiger charge is -2.44. The summed E-state index contributed by atoms with van der Waals surface area (Å²) in [4.78, 5) is 10.7. The summed E-state index contributed by atoms with van der Waals surface area (Å²) < 4.78 is 5.37. The maximum Gasteiger partial charge on any atom is 0.204 e. The van der Waals surface area contributed by atoms with Crippen molar-refractivity contribution in [3.63, 3.8) is 0 Å². The third-order valence-corrected chi connectivity index (χ3v) is 5.05. The number of aromatic nitrogens is 2. The number of anilines is 2. The van der Waals surface area contributed by atoms with Crippen LogP contribution in [0.4, 0.5) is 11.6 Å². The van der Waals surface area contributed by atoms with Crippen LogP contribution in [-0.4, -0.2) is 30.2 Å². The van der Waals surface area contributed by atoms with Crippen molar-refractivity contribution in [2.24, 2.45) is 5.41 Å². The van der Waals surface area contributed by atoms with E-state index in [1.165, 1.54) is 51.3 Å². The fourth-order valence-electron chi connectivity index (χ4n) is 3.79. The van der Waals surface area contributed by atoms with Crippen LogP contribution >= 0.6 is 0 Å². The Morgan fingerprint density at radius 3 is 2.45 bits per heavy atom. The van der Waals surface area contributed by atoms with Crippen molar-refractivity contribution in [1.82, 2.24) is 9.97 Å². The lowest BCUT2D eigenvalue weighted by Crippen LogP contribution is -2.41. The summed E-state index contributed by atoms with van der Waals surface area (Å²) in [6.45, 7) is 2.10. The van der Waals surface area contributed by atoms with Gasteiger partial charge in [0.15, 0.2) is 11.6 Å². The van der Waals surface area contributed by atoms with Gasteiger partial charge >= 0.3 is 0 Å². The highest BCUT2D eigenvalue weighted by Gasteiger charge is 2.36. The molecule has 1 aliphatic carbocycles. The Morgan fingerprint density at radius 2 is 1.80 bits per heavy atom. The van der Waals surface area contributed by atoms with Gasteiger partial charge in [-0.15, -0.1) is 0 Å². The van der Waals surface area contributed by atoms with Gasteiger partial charge in [-0.05, 0) is 31.1 Å². The number of nitrogen functional groups attached to an aromatic ring is 1. The molecule has 0 aromatic carbocycles. The van der Waals surface area contributed by atoms with E-state index in [1.54, 1.807) is 7.11 Å². The summed E-state index contributed by atoms with van der Waals surface area (Å²) in [5.74, 6) is 1.90. The van der Waals surface area contributed by atoms with Gasteiger partial charge in [-0.2, -0.15) is 0 Å². The number of rotatable bonds is 2. The minimum Gasteiger partial charge on any atom is -0.490 e. The van der Waals surface area contributed by atoms with Gasteiger partial charge in [0.2, 0.25) is 5.75 Å². The molecule has 0 unspecified atom stereocenters. The van der Waals surface area contributed by atoms with E-state index in [0.717, 1.165) is 18.9 Å². The van der Waals surface area contributed by atoms with Crippen LogP contribution in [0.1, 0.15) is 44.9 Å². The molecule has 1 aromatic heterocycles. The van der Waals surface area contributed by atoms with Crippen molar-refractivity contribution in [2.45, 2.75) is 44.9 Å². The average Bonchev–Trinajstić information content (AvgIpc) is 2.49. The molecule has 0 atom stereocenters. The molecule has 0 radical (unpaired) electrons. The molecular formula is C15H24N4O. The van der Waals surface area contributed by atoms with Gasteiger partial charge in [-0.3, -0.25) is 0 Å². The first kappa shape index (κ1) is 13.5. The second-order valence-electron chi connectivity index (χ2n) is 6.16. The number of hydrogen-bond acceptors (Lipinski definition) is 5. The first-order valence-electron chi connectivity index (χ1n) is 7.63. The van der Waals surface area contributed by atoms with E-state index in [1.807, 2.05) is 0 Å². The lowest BCUT2D eigenvalue weighted by molar-refractivity contribution is 0.144. The molecule has 1 aliphatic heterocycles. The molecule has 1 saturated carbocycles. The Kier molecular flexibility index (Phi) is 3.68. The largest absolute Gasteiger partial charge is 0.490 e. The molecule has 20 heavy (non-hydrogen) atoms. The van der Waals surface area contributed by atoms with Crippen molar-refractivity contribution < 1.29 is 4.74 Å². The standard InChI is InChI=1S/C15H24N4O/c1-20-12-13(16)17-11-18-14(12)19-9-7-15(8-10-19)5-3-2-4-6-15/h11H,2-10H2,1H3,(H2,16,17,18). The van der Waals surface area contributed by atoms with Crippen molar-refractivity contribution >= 4 is 11.6 Å². The molecule has 0 bridgehead atoms. The molecule has 1 spiro atoms. The van der Waals surface area contributed by atoms with E-state index < -0.39 is 0 Å². The number of piperidine rings is 1. The molecule has 3 rings (SSSR count). The Labute approximate surface area is 120 Å². The van der Waals surface area contributed by atoms with Crippen molar-refractivity contribution in [2.75, 3.05) is 30.8 Å². The van der Waals surface area contributed by atoms with Crippen LogP contribution in [0.25, 0.3) is 0 Å². The van der Waals surface area contributed by atoms with Crippen LogP contribution in [0.15, 0.2) is 6.33 Å². The number of hydrogen-bond donors (Lipinski definition) is 1. The van der Waals surface area contributed by atoms with Gasteiger partial charge in [-0.1, -0.05) is 19.3 Å². The van der Waals surface area contributed by atoms with Crippen LogP contribution in [0.5, 0.6) is 5.75 Å². The normalized spacial score (nSPS) is 21.9. The van der Waals surface area contributed by atoms with E-state index >= 15 is 0 Å². The second-order valence-corrected chi connectivity index (χ2v) is 6.16. The molecule has 5 nitrogen and oxygen atoms in total. The fraction of sp³-hybridized carbons (Fsp3) is 0.733. The smallest absolute Gasteiger partial charge is 0.204 e. The van der Waals surface area contributed by atoms with E-state index in [9.17, 15) is 0 Å².